The summed E-state index contributed by atoms with van der Waals surface area (Å²) in [5.74, 6) is 2.09. The summed E-state index contributed by atoms with van der Waals surface area (Å²) in [6.07, 6.45) is 1.58. The molecule has 33 heavy (non-hydrogen) atoms. The fourth-order valence-electron chi connectivity index (χ4n) is 3.67. The molecule has 1 aliphatic rings. The van der Waals surface area contributed by atoms with Crippen molar-refractivity contribution in [3.63, 3.8) is 0 Å². The molecule has 0 aliphatic carbocycles. The number of thioether (sulfide) groups is 1. The average Bonchev–Trinajstić information content (AvgIpc) is 2.87. The van der Waals surface area contributed by atoms with Gasteiger partial charge in [0.25, 0.3) is 0 Å². The van der Waals surface area contributed by atoms with Gasteiger partial charge < -0.3 is 19.9 Å². The van der Waals surface area contributed by atoms with E-state index in [1.54, 1.807) is 13.4 Å². The topological polar surface area (TPSA) is 70.6 Å². The number of nitrogens with one attached hydrogen (secondary N) is 1. The van der Waals surface area contributed by atoms with E-state index >= 15 is 0 Å². The Balaban J connectivity index is 1.25. The maximum absolute atomic E-state index is 12.3. The Morgan fingerprint density at radius 2 is 1.70 bits per heavy atom. The van der Waals surface area contributed by atoms with Gasteiger partial charge in [-0.2, -0.15) is 0 Å². The van der Waals surface area contributed by atoms with E-state index in [9.17, 15) is 4.79 Å². The molecule has 2 heterocycles. The SMILES string of the molecule is COc1ccc(N2CCN(c3cc(SCC(=O)NCc4ccc(C)cc4)ncn3)CC2)cc1. The number of aryl methyl sites for hydroxylation is 1. The van der Waals surface area contributed by atoms with Gasteiger partial charge in [0, 0.05) is 44.5 Å². The number of methoxy groups -OCH3 is 1. The minimum absolute atomic E-state index is 0.00570. The normalized spacial score (nSPS) is 13.6. The third kappa shape index (κ3) is 6.38. The number of hydrogen-bond donors (Lipinski definition) is 1. The molecule has 0 saturated carbocycles. The smallest absolute Gasteiger partial charge is 0.230 e. The number of piperazine rings is 1. The maximum atomic E-state index is 12.3. The second kappa shape index (κ2) is 11.0. The van der Waals surface area contributed by atoms with Crippen molar-refractivity contribution >= 4 is 29.2 Å². The van der Waals surface area contributed by atoms with Gasteiger partial charge in [-0.1, -0.05) is 41.6 Å². The molecule has 2 aromatic carbocycles. The molecule has 1 aromatic heterocycles. The minimum Gasteiger partial charge on any atom is -0.497 e. The number of benzene rings is 2. The molecule has 0 atom stereocenters. The first-order valence-corrected chi connectivity index (χ1v) is 12.0. The van der Waals surface area contributed by atoms with E-state index in [4.69, 9.17) is 4.74 Å². The molecule has 0 spiro atoms. The first-order valence-electron chi connectivity index (χ1n) is 11.0. The maximum Gasteiger partial charge on any atom is 0.230 e. The Morgan fingerprint density at radius 3 is 2.39 bits per heavy atom. The van der Waals surface area contributed by atoms with Crippen LogP contribution >= 0.6 is 11.8 Å². The van der Waals surface area contributed by atoms with Gasteiger partial charge in [-0.15, -0.1) is 0 Å². The van der Waals surface area contributed by atoms with Gasteiger partial charge in [-0.05, 0) is 36.8 Å². The monoisotopic (exact) mass is 463 g/mol. The molecule has 1 amide bonds. The van der Waals surface area contributed by atoms with E-state index in [1.807, 2.05) is 30.3 Å². The lowest BCUT2D eigenvalue weighted by atomic mass is 10.1. The van der Waals surface area contributed by atoms with Crippen LogP contribution in [0, 0.1) is 6.92 Å². The number of nitrogens with zero attached hydrogens (tertiary/aromatic N) is 4. The fraction of sp³-hybridized carbons (Fsp3) is 0.320. The van der Waals surface area contributed by atoms with Crippen molar-refractivity contribution in [3.05, 3.63) is 72.1 Å². The summed E-state index contributed by atoms with van der Waals surface area (Å²) in [6, 6.07) is 18.3. The van der Waals surface area contributed by atoms with Crippen molar-refractivity contribution in [1.82, 2.24) is 15.3 Å². The molecule has 0 bridgehead atoms. The molecule has 4 rings (SSSR count). The summed E-state index contributed by atoms with van der Waals surface area (Å²) >= 11 is 1.43. The van der Waals surface area contributed by atoms with E-state index in [0.29, 0.717) is 12.3 Å². The van der Waals surface area contributed by atoms with Crippen LogP contribution in [-0.2, 0) is 11.3 Å². The Labute approximate surface area is 199 Å². The molecule has 8 heteroatoms. The van der Waals surface area contributed by atoms with Crippen molar-refractivity contribution in [3.8, 4) is 5.75 Å². The third-order valence-corrected chi connectivity index (χ3v) is 6.56. The van der Waals surface area contributed by atoms with Crippen molar-refractivity contribution in [2.45, 2.75) is 18.5 Å². The standard InChI is InChI=1S/C25H29N5O2S/c1-19-3-5-20(6-4-19)16-26-24(31)17-33-25-15-23(27-18-28-25)30-13-11-29(12-14-30)21-7-9-22(32-2)10-8-21/h3-10,15,18H,11-14,16-17H2,1-2H3,(H,26,31). The van der Waals surface area contributed by atoms with Gasteiger partial charge >= 0.3 is 0 Å². The van der Waals surface area contributed by atoms with Crippen molar-refractivity contribution in [2.24, 2.45) is 0 Å². The summed E-state index contributed by atoms with van der Waals surface area (Å²) < 4.78 is 5.25. The predicted octanol–water partition coefficient (Wildman–Crippen LogP) is 3.53. The van der Waals surface area contributed by atoms with Gasteiger partial charge in [0.05, 0.1) is 12.9 Å². The number of hydrogen-bond acceptors (Lipinski definition) is 7. The average molecular weight is 464 g/mol. The van der Waals surface area contributed by atoms with E-state index < -0.39 is 0 Å². The highest BCUT2D eigenvalue weighted by atomic mass is 32.2. The summed E-state index contributed by atoms with van der Waals surface area (Å²) in [6.45, 7) is 6.18. The van der Waals surface area contributed by atoms with Crippen molar-refractivity contribution in [2.75, 3.05) is 48.8 Å². The van der Waals surface area contributed by atoms with Gasteiger partial charge in [0.1, 0.15) is 22.9 Å². The molecular weight excluding hydrogens is 434 g/mol. The molecule has 1 aliphatic heterocycles. The van der Waals surface area contributed by atoms with Crippen LogP contribution in [0.5, 0.6) is 5.75 Å². The first kappa shape index (κ1) is 22.9. The quantitative estimate of drug-likeness (QED) is 0.405. The van der Waals surface area contributed by atoms with Gasteiger partial charge in [0.15, 0.2) is 0 Å². The van der Waals surface area contributed by atoms with Crippen LogP contribution in [0.2, 0.25) is 0 Å². The summed E-state index contributed by atoms with van der Waals surface area (Å²) in [4.78, 5) is 25.7. The molecule has 172 valence electrons. The molecule has 0 unspecified atom stereocenters. The molecule has 1 N–H and O–H groups in total. The van der Waals surface area contributed by atoms with Crippen LogP contribution in [0.15, 0.2) is 66.0 Å². The number of anilines is 2. The highest BCUT2D eigenvalue weighted by Gasteiger charge is 2.19. The summed E-state index contributed by atoms with van der Waals surface area (Å²) in [5.41, 5.74) is 3.51. The lowest BCUT2D eigenvalue weighted by Gasteiger charge is -2.36. The largest absolute Gasteiger partial charge is 0.497 e. The first-order chi connectivity index (χ1) is 16.1. The number of carbonyl (C=O) groups excluding carboxylic acids is 1. The highest BCUT2D eigenvalue weighted by Crippen LogP contribution is 2.24. The van der Waals surface area contributed by atoms with Crippen LogP contribution in [0.25, 0.3) is 0 Å². The molecule has 3 aromatic rings. The lowest BCUT2D eigenvalue weighted by molar-refractivity contribution is -0.118. The Kier molecular flexibility index (Phi) is 7.67. The predicted molar refractivity (Wildman–Crippen MR) is 133 cm³/mol. The number of amides is 1. The van der Waals surface area contributed by atoms with E-state index in [1.165, 1.54) is 23.0 Å². The van der Waals surface area contributed by atoms with Crippen LogP contribution in [-0.4, -0.2) is 54.9 Å². The van der Waals surface area contributed by atoms with E-state index in [2.05, 4.69) is 56.3 Å². The van der Waals surface area contributed by atoms with Gasteiger partial charge in [0.2, 0.25) is 5.91 Å². The fourth-order valence-corrected chi connectivity index (χ4v) is 4.36. The number of aromatic nitrogens is 2. The zero-order valence-corrected chi connectivity index (χ0v) is 19.8. The Bertz CT molecular complexity index is 1050. The zero-order chi connectivity index (χ0) is 23.0. The highest BCUT2D eigenvalue weighted by molar-refractivity contribution is 7.99. The Hall–Kier alpha value is -3.26. The van der Waals surface area contributed by atoms with Crippen LogP contribution < -0.4 is 19.9 Å². The van der Waals surface area contributed by atoms with Crippen LogP contribution in [0.4, 0.5) is 11.5 Å². The van der Waals surface area contributed by atoms with Crippen LogP contribution in [0.3, 0.4) is 0 Å². The number of rotatable bonds is 8. The molecule has 1 fully saturated rings. The lowest BCUT2D eigenvalue weighted by Crippen LogP contribution is -2.46. The minimum atomic E-state index is -0.00570. The molecule has 0 radical (unpaired) electrons. The van der Waals surface area contributed by atoms with Gasteiger partial charge in [-0.3, -0.25) is 4.79 Å². The van der Waals surface area contributed by atoms with Crippen molar-refractivity contribution in [1.29, 1.82) is 0 Å². The second-order valence-electron chi connectivity index (χ2n) is 7.94. The van der Waals surface area contributed by atoms with E-state index in [-0.39, 0.29) is 5.91 Å². The number of carbonyl (C=O) groups is 1. The number of ether oxygens (including phenoxy) is 1. The van der Waals surface area contributed by atoms with Gasteiger partial charge in [-0.25, -0.2) is 9.97 Å². The molecular formula is C25H29N5O2S. The third-order valence-electron chi connectivity index (χ3n) is 5.63. The summed E-state index contributed by atoms with van der Waals surface area (Å²) in [7, 11) is 1.68. The molecule has 1 saturated heterocycles. The summed E-state index contributed by atoms with van der Waals surface area (Å²) in [5, 5.41) is 3.78. The van der Waals surface area contributed by atoms with Crippen LogP contribution in [0.1, 0.15) is 11.1 Å². The zero-order valence-electron chi connectivity index (χ0n) is 19.0. The Morgan fingerprint density at radius 1 is 1.00 bits per heavy atom. The van der Waals surface area contributed by atoms with Crippen molar-refractivity contribution < 1.29 is 9.53 Å². The molecule has 7 nitrogen and oxygen atoms in total. The second-order valence-corrected chi connectivity index (χ2v) is 8.93. The van der Waals surface area contributed by atoms with E-state index in [0.717, 1.165) is 48.3 Å².